The molecule has 2 amide bonds. The third kappa shape index (κ3) is 3.39. The number of anilines is 1. The van der Waals surface area contributed by atoms with Crippen LogP contribution in [0.3, 0.4) is 0 Å². The van der Waals surface area contributed by atoms with Gasteiger partial charge in [-0.1, -0.05) is 37.5 Å². The lowest BCUT2D eigenvalue weighted by molar-refractivity contribution is -0.173. The number of nitrogens with zero attached hydrogens (tertiary/aromatic N) is 1. The van der Waals surface area contributed by atoms with Crippen molar-refractivity contribution in [3.8, 4) is 0 Å². The maximum Gasteiger partial charge on any atom is 0.471 e. The molecule has 1 heterocycles. The molecule has 150 valence electrons. The molecule has 0 saturated heterocycles. The van der Waals surface area contributed by atoms with Gasteiger partial charge < -0.3 is 10.2 Å². The van der Waals surface area contributed by atoms with Crippen molar-refractivity contribution in [3.63, 3.8) is 0 Å². The second-order valence-electron chi connectivity index (χ2n) is 6.92. The zero-order valence-electron chi connectivity index (χ0n) is 15.1. The number of carbonyl (C=O) groups excluding carboxylic acids is 2. The summed E-state index contributed by atoms with van der Waals surface area (Å²) in [4.78, 5) is 26.0. The van der Waals surface area contributed by atoms with Crippen LogP contribution in [-0.2, 0) is 15.1 Å². The zero-order chi connectivity index (χ0) is 20.4. The molecule has 1 fully saturated rings. The summed E-state index contributed by atoms with van der Waals surface area (Å²) < 4.78 is 46.3. The predicted octanol–water partition coefficient (Wildman–Crippen LogP) is 4.14. The van der Waals surface area contributed by atoms with Gasteiger partial charge in [0.25, 0.3) is 5.91 Å². The van der Waals surface area contributed by atoms with E-state index in [2.05, 4.69) is 0 Å². The quantitative estimate of drug-likeness (QED) is 0.828. The van der Waals surface area contributed by atoms with Crippen molar-refractivity contribution in [3.05, 3.63) is 54.5 Å². The molecule has 1 aliphatic carbocycles. The number of primary amides is 1. The van der Waals surface area contributed by atoms with Crippen LogP contribution in [-0.4, -0.2) is 18.0 Å². The Morgan fingerprint density at radius 2 is 1.64 bits per heavy atom. The second-order valence-corrected chi connectivity index (χ2v) is 6.92. The Kier molecular flexibility index (Phi) is 5.49. The fraction of sp³-hybridized carbons (Fsp3) is 0.400. The van der Waals surface area contributed by atoms with E-state index in [1.807, 2.05) is 0 Å². The van der Waals surface area contributed by atoms with Gasteiger partial charge in [-0.2, -0.15) is 13.2 Å². The molecular formula is C20H21F3N2O3. The number of halogens is 3. The van der Waals surface area contributed by atoms with Crippen LogP contribution in [0.5, 0.6) is 0 Å². The molecule has 1 aromatic carbocycles. The molecule has 1 saturated carbocycles. The van der Waals surface area contributed by atoms with Gasteiger partial charge in [-0.25, -0.2) is 0 Å². The molecule has 1 atom stereocenters. The highest BCUT2D eigenvalue weighted by atomic mass is 19.4. The minimum atomic E-state index is -5.20. The van der Waals surface area contributed by atoms with Crippen LogP contribution < -0.4 is 10.6 Å². The molecule has 1 aliphatic rings. The molecule has 0 radical (unpaired) electrons. The molecule has 28 heavy (non-hydrogen) atoms. The van der Waals surface area contributed by atoms with Crippen molar-refractivity contribution in [1.29, 1.82) is 0 Å². The van der Waals surface area contributed by atoms with Gasteiger partial charge >= 0.3 is 12.1 Å². The number of amides is 2. The third-order valence-corrected chi connectivity index (χ3v) is 5.28. The first-order chi connectivity index (χ1) is 13.3. The van der Waals surface area contributed by atoms with E-state index >= 15 is 0 Å². The number of para-hydroxylation sites is 1. The van der Waals surface area contributed by atoms with Gasteiger partial charge in [0.15, 0.2) is 5.54 Å². The normalized spacial score (nSPS) is 17.7. The fourth-order valence-electron chi connectivity index (χ4n) is 4.13. The molecule has 0 bridgehead atoms. The number of alkyl halides is 3. The molecule has 0 spiro atoms. The van der Waals surface area contributed by atoms with E-state index in [1.165, 1.54) is 42.7 Å². The maximum absolute atomic E-state index is 13.6. The van der Waals surface area contributed by atoms with E-state index in [0.717, 1.165) is 19.3 Å². The van der Waals surface area contributed by atoms with E-state index in [1.54, 1.807) is 6.07 Å². The van der Waals surface area contributed by atoms with Crippen molar-refractivity contribution in [2.24, 2.45) is 11.7 Å². The van der Waals surface area contributed by atoms with E-state index in [0.29, 0.717) is 17.7 Å². The summed E-state index contributed by atoms with van der Waals surface area (Å²) in [5.74, 6) is -3.86. The highest BCUT2D eigenvalue weighted by Gasteiger charge is 2.59. The van der Waals surface area contributed by atoms with Crippen LogP contribution in [0.1, 0.15) is 37.9 Å². The summed E-state index contributed by atoms with van der Waals surface area (Å²) in [7, 11) is 0. The molecule has 2 aromatic rings. The van der Waals surface area contributed by atoms with Crippen LogP contribution in [0, 0.1) is 5.92 Å². The average molecular weight is 394 g/mol. The van der Waals surface area contributed by atoms with Gasteiger partial charge in [-0.05, 0) is 43.0 Å². The first kappa shape index (κ1) is 20.0. The van der Waals surface area contributed by atoms with Crippen molar-refractivity contribution >= 4 is 17.5 Å². The van der Waals surface area contributed by atoms with Crippen LogP contribution in [0.15, 0.2) is 53.1 Å². The van der Waals surface area contributed by atoms with Gasteiger partial charge in [0.05, 0.1) is 6.26 Å². The van der Waals surface area contributed by atoms with E-state index in [9.17, 15) is 22.8 Å². The molecule has 8 heteroatoms. The number of furan rings is 1. The van der Waals surface area contributed by atoms with Crippen molar-refractivity contribution in [2.75, 3.05) is 4.90 Å². The molecule has 1 aromatic heterocycles. The minimum Gasteiger partial charge on any atom is -0.466 e. The molecule has 2 N–H and O–H groups in total. The van der Waals surface area contributed by atoms with Crippen LogP contribution in [0.4, 0.5) is 18.9 Å². The van der Waals surface area contributed by atoms with Crippen molar-refractivity contribution in [2.45, 2.75) is 43.8 Å². The van der Waals surface area contributed by atoms with Crippen molar-refractivity contribution < 1.29 is 27.2 Å². The molecule has 3 rings (SSSR count). The van der Waals surface area contributed by atoms with Crippen LogP contribution >= 0.6 is 0 Å². The van der Waals surface area contributed by atoms with E-state index < -0.39 is 29.4 Å². The largest absolute Gasteiger partial charge is 0.471 e. The minimum absolute atomic E-state index is 0.0617. The Labute approximate surface area is 160 Å². The predicted molar refractivity (Wildman–Crippen MR) is 96.1 cm³/mol. The van der Waals surface area contributed by atoms with Crippen LogP contribution in [0.2, 0.25) is 0 Å². The monoisotopic (exact) mass is 394 g/mol. The van der Waals surface area contributed by atoms with Crippen molar-refractivity contribution in [1.82, 2.24) is 0 Å². The molecular weight excluding hydrogens is 373 g/mol. The maximum atomic E-state index is 13.6. The highest BCUT2D eigenvalue weighted by Crippen LogP contribution is 2.47. The Balaban J connectivity index is 2.30. The van der Waals surface area contributed by atoms with E-state index in [-0.39, 0.29) is 11.4 Å². The number of carbonyl (C=O) groups is 2. The number of nitrogens with two attached hydrogens (primary N) is 1. The van der Waals surface area contributed by atoms with E-state index in [4.69, 9.17) is 10.2 Å². The van der Waals surface area contributed by atoms with Gasteiger partial charge in [0.1, 0.15) is 5.76 Å². The van der Waals surface area contributed by atoms with Crippen LogP contribution in [0.25, 0.3) is 0 Å². The SMILES string of the molecule is NC(=O)C(c1ccco1)(C1CCCCC1)N(C(=O)C(F)(F)F)c1ccccc1. The number of hydrogen-bond donors (Lipinski definition) is 1. The summed E-state index contributed by atoms with van der Waals surface area (Å²) in [6.45, 7) is 0. The Morgan fingerprint density at radius 3 is 2.14 bits per heavy atom. The standard InChI is InChI=1S/C20H21F3N2O3/c21-20(22,23)18(27)25(15-10-5-2-6-11-15)19(17(24)26,16-12-7-13-28-16)14-8-3-1-4-9-14/h2,5-7,10-14H,1,3-4,8-9H2,(H2,24,26). The summed E-state index contributed by atoms with van der Waals surface area (Å²) in [5, 5.41) is 0. The van der Waals surface area contributed by atoms with Gasteiger partial charge in [-0.3, -0.25) is 14.5 Å². The molecule has 5 nitrogen and oxygen atoms in total. The summed E-state index contributed by atoms with van der Waals surface area (Å²) in [6, 6.07) is 10.2. The van der Waals surface area contributed by atoms with Gasteiger partial charge in [-0.15, -0.1) is 0 Å². The van der Waals surface area contributed by atoms with Gasteiger partial charge in [0.2, 0.25) is 0 Å². The number of benzene rings is 1. The second kappa shape index (κ2) is 7.69. The Bertz CT molecular complexity index is 815. The number of rotatable bonds is 5. The first-order valence-corrected chi connectivity index (χ1v) is 9.10. The highest BCUT2D eigenvalue weighted by molar-refractivity contribution is 6.05. The lowest BCUT2D eigenvalue weighted by Gasteiger charge is -2.46. The summed E-state index contributed by atoms with van der Waals surface area (Å²) in [6.07, 6.45) is -0.667. The Morgan fingerprint density at radius 1 is 1.00 bits per heavy atom. The smallest absolute Gasteiger partial charge is 0.466 e. The first-order valence-electron chi connectivity index (χ1n) is 9.10. The third-order valence-electron chi connectivity index (χ3n) is 5.28. The zero-order valence-corrected chi connectivity index (χ0v) is 15.1. The fourth-order valence-corrected chi connectivity index (χ4v) is 4.13. The topological polar surface area (TPSA) is 76.5 Å². The average Bonchev–Trinajstić information content (AvgIpc) is 3.20. The van der Waals surface area contributed by atoms with Gasteiger partial charge in [0, 0.05) is 5.69 Å². The summed E-state index contributed by atoms with van der Waals surface area (Å²) in [5.41, 5.74) is 3.62. The lowest BCUT2D eigenvalue weighted by atomic mass is 9.71. The molecule has 0 aliphatic heterocycles. The number of hydrogen-bond acceptors (Lipinski definition) is 3. The lowest BCUT2D eigenvalue weighted by Crippen LogP contribution is -2.64. The molecule has 1 unspecified atom stereocenters. The summed E-state index contributed by atoms with van der Waals surface area (Å²) >= 11 is 0. The Hall–Kier alpha value is -2.77.